The highest BCUT2D eigenvalue weighted by Gasteiger charge is 2.27. The van der Waals surface area contributed by atoms with E-state index in [0.29, 0.717) is 5.56 Å². The van der Waals surface area contributed by atoms with Crippen molar-refractivity contribution in [2.24, 2.45) is 0 Å². The van der Waals surface area contributed by atoms with Crippen molar-refractivity contribution in [2.75, 3.05) is 6.26 Å². The van der Waals surface area contributed by atoms with Gasteiger partial charge in [0.25, 0.3) is 0 Å². The van der Waals surface area contributed by atoms with Crippen molar-refractivity contribution in [3.63, 3.8) is 0 Å². The van der Waals surface area contributed by atoms with E-state index in [9.17, 15) is 13.2 Å². The molecule has 5 heteroatoms. The lowest BCUT2D eigenvalue weighted by atomic mass is 9.95. The molecule has 0 aliphatic heterocycles. The van der Waals surface area contributed by atoms with E-state index in [1.807, 2.05) is 0 Å². The molecule has 0 heterocycles. The van der Waals surface area contributed by atoms with Crippen molar-refractivity contribution in [3.8, 4) is 0 Å². The van der Waals surface area contributed by atoms with Gasteiger partial charge < -0.3 is 0 Å². The van der Waals surface area contributed by atoms with Gasteiger partial charge in [0.1, 0.15) is 5.71 Å². The molecule has 0 atom stereocenters. The molecule has 0 amide bonds. The lowest BCUT2D eigenvalue weighted by molar-refractivity contribution is 0.106. The highest BCUT2D eigenvalue weighted by atomic mass is 32.2. The molecule has 2 rings (SSSR count). The minimum absolute atomic E-state index is 0.0349. The molecule has 4 nitrogen and oxygen atoms in total. The zero-order chi connectivity index (χ0) is 11.9. The van der Waals surface area contributed by atoms with Crippen LogP contribution in [0.3, 0.4) is 0 Å². The normalized spacial score (nSPS) is 15.7. The molecule has 0 aromatic heterocycles. The van der Waals surface area contributed by atoms with Crippen LogP contribution in [0.25, 0.3) is 4.91 Å². The summed E-state index contributed by atoms with van der Waals surface area (Å²) < 4.78 is 23.1. The first kappa shape index (κ1) is 10.8. The highest BCUT2D eigenvalue weighted by Crippen LogP contribution is 2.28. The van der Waals surface area contributed by atoms with E-state index in [-0.39, 0.29) is 16.2 Å². The molecule has 1 aliphatic rings. The van der Waals surface area contributed by atoms with Gasteiger partial charge in [-0.25, -0.2) is 8.42 Å². The minimum atomic E-state index is -3.43. The van der Waals surface area contributed by atoms with Crippen LogP contribution >= 0.6 is 0 Å². The number of nitrogens with one attached hydrogen (secondary N) is 1. The molecule has 0 saturated carbocycles. The van der Waals surface area contributed by atoms with E-state index in [2.05, 4.69) is 0 Å². The summed E-state index contributed by atoms with van der Waals surface area (Å²) in [6, 6.07) is 6.42. The average Bonchev–Trinajstić information content (AvgIpc) is 2.22. The summed E-state index contributed by atoms with van der Waals surface area (Å²) in [6.45, 7) is 0. The number of sulfone groups is 1. The second-order valence-corrected chi connectivity index (χ2v) is 5.55. The van der Waals surface area contributed by atoms with Gasteiger partial charge in [-0.05, 0) is 6.08 Å². The summed E-state index contributed by atoms with van der Waals surface area (Å²) in [6.07, 6.45) is 2.18. The maximum absolute atomic E-state index is 11.6. The van der Waals surface area contributed by atoms with Crippen molar-refractivity contribution in [2.45, 2.75) is 0 Å². The van der Waals surface area contributed by atoms with Crippen molar-refractivity contribution in [3.05, 3.63) is 41.5 Å². The summed E-state index contributed by atoms with van der Waals surface area (Å²) in [7, 11) is -3.43. The molecular weight excluding hydrogens is 226 g/mol. The molecular formula is C11H9NO3S. The van der Waals surface area contributed by atoms with Crippen LogP contribution in [0, 0.1) is 5.41 Å². The van der Waals surface area contributed by atoms with Gasteiger partial charge in [-0.15, -0.1) is 0 Å². The Hall–Kier alpha value is -1.75. The molecule has 0 unspecified atom stereocenters. The van der Waals surface area contributed by atoms with E-state index in [1.165, 1.54) is 6.07 Å². The Balaban J connectivity index is 2.80. The molecule has 0 bridgehead atoms. The fraction of sp³-hybridized carbons (Fsp3) is 0.0909. The van der Waals surface area contributed by atoms with Crippen LogP contribution < -0.4 is 0 Å². The van der Waals surface area contributed by atoms with Gasteiger partial charge in [-0.1, -0.05) is 24.3 Å². The van der Waals surface area contributed by atoms with Crippen LogP contribution in [0.15, 0.2) is 30.3 Å². The molecule has 1 aromatic carbocycles. The van der Waals surface area contributed by atoms with Crippen LogP contribution in [0.4, 0.5) is 0 Å². The van der Waals surface area contributed by atoms with Gasteiger partial charge in [-0.3, -0.25) is 10.2 Å². The van der Waals surface area contributed by atoms with Crippen LogP contribution in [0.2, 0.25) is 0 Å². The second kappa shape index (κ2) is 3.38. The van der Waals surface area contributed by atoms with E-state index >= 15 is 0 Å². The Labute approximate surface area is 93.0 Å². The van der Waals surface area contributed by atoms with E-state index < -0.39 is 15.6 Å². The van der Waals surface area contributed by atoms with Gasteiger partial charge in [0.05, 0.1) is 4.91 Å². The maximum atomic E-state index is 11.6. The number of benzene rings is 1. The molecule has 1 aromatic rings. The third kappa shape index (κ3) is 1.59. The Morgan fingerprint density at radius 1 is 1.12 bits per heavy atom. The third-order valence-corrected chi connectivity index (χ3v) is 3.49. The zero-order valence-electron chi connectivity index (χ0n) is 8.52. The van der Waals surface area contributed by atoms with Crippen LogP contribution in [-0.4, -0.2) is 26.2 Å². The summed E-state index contributed by atoms with van der Waals surface area (Å²) >= 11 is 0. The van der Waals surface area contributed by atoms with E-state index in [0.717, 1.165) is 12.3 Å². The van der Waals surface area contributed by atoms with E-state index in [1.54, 1.807) is 18.2 Å². The number of fused-ring (bicyclic) bond motifs is 1. The first-order valence-corrected chi connectivity index (χ1v) is 6.45. The third-order valence-electron chi connectivity index (χ3n) is 2.36. The second-order valence-electron chi connectivity index (χ2n) is 3.57. The number of hydrogen-bond donors (Lipinski definition) is 1. The summed E-state index contributed by atoms with van der Waals surface area (Å²) in [5.41, 5.74) is 0.362. The van der Waals surface area contributed by atoms with Crippen molar-refractivity contribution in [1.29, 1.82) is 5.41 Å². The fourth-order valence-corrected chi connectivity index (χ4v) is 2.53. The minimum Gasteiger partial charge on any atom is -0.297 e. The SMILES string of the molecule is CS(=O)(=O)C1=CC(=N)C(=O)c2ccccc21. The molecule has 0 fully saturated rings. The first-order valence-electron chi connectivity index (χ1n) is 4.55. The van der Waals surface area contributed by atoms with Gasteiger partial charge in [0.15, 0.2) is 9.84 Å². The average molecular weight is 235 g/mol. The Morgan fingerprint density at radius 3 is 2.25 bits per heavy atom. The molecule has 0 spiro atoms. The standard InChI is InChI=1S/C11H9NO3S/c1-16(14,15)10-6-9(12)11(13)8-5-3-2-4-7(8)10/h2-6,12H,1H3. The predicted molar refractivity (Wildman–Crippen MR) is 61.3 cm³/mol. The number of Topliss-reactive ketones (excluding diaryl/α,β-unsaturated/α-hetero) is 1. The molecule has 16 heavy (non-hydrogen) atoms. The zero-order valence-corrected chi connectivity index (χ0v) is 9.34. The van der Waals surface area contributed by atoms with Crippen LogP contribution in [0.5, 0.6) is 0 Å². The lowest BCUT2D eigenvalue weighted by Gasteiger charge is -2.15. The smallest absolute Gasteiger partial charge is 0.211 e. The fourth-order valence-electron chi connectivity index (χ4n) is 1.62. The Kier molecular flexibility index (Phi) is 2.27. The van der Waals surface area contributed by atoms with Crippen LogP contribution in [-0.2, 0) is 9.84 Å². The number of allylic oxidation sites excluding steroid dienone is 1. The van der Waals surface area contributed by atoms with Gasteiger partial charge in [-0.2, -0.15) is 0 Å². The van der Waals surface area contributed by atoms with Crippen molar-refractivity contribution in [1.82, 2.24) is 0 Å². The number of ketones is 1. The van der Waals surface area contributed by atoms with Gasteiger partial charge in [0.2, 0.25) is 5.78 Å². The van der Waals surface area contributed by atoms with Gasteiger partial charge in [0, 0.05) is 17.4 Å². The molecule has 82 valence electrons. The number of rotatable bonds is 1. The number of hydrogen-bond acceptors (Lipinski definition) is 4. The Morgan fingerprint density at radius 2 is 1.69 bits per heavy atom. The first-order chi connectivity index (χ1) is 7.41. The molecule has 1 aliphatic carbocycles. The lowest BCUT2D eigenvalue weighted by Crippen LogP contribution is -2.20. The summed E-state index contributed by atoms with van der Waals surface area (Å²) in [4.78, 5) is 11.7. The summed E-state index contributed by atoms with van der Waals surface area (Å²) in [5, 5.41) is 7.45. The van der Waals surface area contributed by atoms with Gasteiger partial charge >= 0.3 is 0 Å². The topological polar surface area (TPSA) is 75.1 Å². The van der Waals surface area contributed by atoms with E-state index in [4.69, 9.17) is 5.41 Å². The summed E-state index contributed by atoms with van der Waals surface area (Å²) in [5.74, 6) is -0.442. The number of carbonyl (C=O) groups excluding carboxylic acids is 1. The van der Waals surface area contributed by atoms with Crippen LogP contribution in [0.1, 0.15) is 15.9 Å². The number of carbonyl (C=O) groups is 1. The molecule has 0 saturated heterocycles. The largest absolute Gasteiger partial charge is 0.297 e. The predicted octanol–water partition coefficient (Wildman–Crippen LogP) is 1.29. The maximum Gasteiger partial charge on any atom is 0.211 e. The quantitative estimate of drug-likeness (QED) is 0.796. The van der Waals surface area contributed by atoms with Crippen molar-refractivity contribution >= 4 is 26.2 Å². The highest BCUT2D eigenvalue weighted by molar-refractivity contribution is 8.00. The molecule has 0 radical (unpaired) electrons. The molecule has 1 N–H and O–H groups in total. The van der Waals surface area contributed by atoms with Crippen molar-refractivity contribution < 1.29 is 13.2 Å². The Bertz CT molecular complexity index is 626. The monoisotopic (exact) mass is 235 g/mol.